The highest BCUT2D eigenvalue weighted by Crippen LogP contribution is 2.12. The number of benzene rings is 1. The van der Waals surface area contributed by atoms with E-state index in [1.165, 1.54) is 0 Å². The van der Waals surface area contributed by atoms with Crippen LogP contribution in [0.5, 0.6) is 0 Å². The SMILES string of the molecule is O=C1CCCCCN1CCCNc1nnnn1-c1ccccc1. The van der Waals surface area contributed by atoms with Crippen LogP contribution in [0, 0.1) is 0 Å². The van der Waals surface area contributed by atoms with Gasteiger partial charge in [-0.3, -0.25) is 4.79 Å². The number of amides is 1. The molecule has 122 valence electrons. The highest BCUT2D eigenvalue weighted by atomic mass is 16.2. The fraction of sp³-hybridized carbons (Fsp3) is 0.500. The van der Waals surface area contributed by atoms with Crippen LogP contribution in [0.1, 0.15) is 32.1 Å². The van der Waals surface area contributed by atoms with Crippen LogP contribution in [0.15, 0.2) is 30.3 Å². The zero-order valence-electron chi connectivity index (χ0n) is 13.2. The van der Waals surface area contributed by atoms with E-state index in [0.717, 1.165) is 51.0 Å². The number of carbonyl (C=O) groups excluding carboxylic acids is 1. The Morgan fingerprint density at radius 2 is 2.00 bits per heavy atom. The quantitative estimate of drug-likeness (QED) is 0.824. The van der Waals surface area contributed by atoms with E-state index in [0.29, 0.717) is 12.4 Å². The van der Waals surface area contributed by atoms with E-state index in [1.807, 2.05) is 35.2 Å². The van der Waals surface area contributed by atoms with Crippen molar-refractivity contribution in [2.75, 3.05) is 25.0 Å². The minimum absolute atomic E-state index is 0.289. The van der Waals surface area contributed by atoms with Gasteiger partial charge >= 0.3 is 0 Å². The Kier molecular flexibility index (Phi) is 5.18. The molecule has 0 saturated carbocycles. The summed E-state index contributed by atoms with van der Waals surface area (Å²) in [6.07, 6.45) is 4.88. The largest absolute Gasteiger partial charge is 0.353 e. The lowest BCUT2D eigenvalue weighted by atomic mass is 10.2. The molecule has 1 aromatic carbocycles. The molecule has 0 atom stereocenters. The Hall–Kier alpha value is -2.44. The van der Waals surface area contributed by atoms with Gasteiger partial charge in [-0.25, -0.2) is 0 Å². The van der Waals surface area contributed by atoms with Crippen molar-refractivity contribution >= 4 is 11.9 Å². The minimum Gasteiger partial charge on any atom is -0.353 e. The van der Waals surface area contributed by atoms with Gasteiger partial charge in [-0.1, -0.05) is 29.7 Å². The molecule has 0 radical (unpaired) electrons. The molecule has 23 heavy (non-hydrogen) atoms. The Morgan fingerprint density at radius 3 is 2.87 bits per heavy atom. The Morgan fingerprint density at radius 1 is 1.13 bits per heavy atom. The highest BCUT2D eigenvalue weighted by Gasteiger charge is 2.15. The first-order valence-corrected chi connectivity index (χ1v) is 8.20. The molecular weight excluding hydrogens is 292 g/mol. The molecule has 1 N–H and O–H groups in total. The van der Waals surface area contributed by atoms with Gasteiger partial charge in [0.1, 0.15) is 0 Å². The molecule has 7 nitrogen and oxygen atoms in total. The van der Waals surface area contributed by atoms with Crippen molar-refractivity contribution in [2.24, 2.45) is 0 Å². The normalized spacial score (nSPS) is 15.5. The monoisotopic (exact) mass is 314 g/mol. The lowest BCUT2D eigenvalue weighted by Gasteiger charge is -2.20. The van der Waals surface area contributed by atoms with Gasteiger partial charge in [0.15, 0.2) is 0 Å². The summed E-state index contributed by atoms with van der Waals surface area (Å²) in [7, 11) is 0. The van der Waals surface area contributed by atoms with Crippen molar-refractivity contribution in [3.63, 3.8) is 0 Å². The Labute approximate surface area is 135 Å². The van der Waals surface area contributed by atoms with Crippen molar-refractivity contribution in [1.29, 1.82) is 0 Å². The summed E-state index contributed by atoms with van der Waals surface area (Å²) >= 11 is 0. The molecule has 1 aliphatic rings. The van der Waals surface area contributed by atoms with Crippen molar-refractivity contribution in [3.8, 4) is 5.69 Å². The summed E-state index contributed by atoms with van der Waals surface area (Å²) in [6, 6.07) is 9.77. The van der Waals surface area contributed by atoms with Crippen LogP contribution in [-0.4, -0.2) is 50.6 Å². The maximum atomic E-state index is 11.9. The fourth-order valence-electron chi connectivity index (χ4n) is 2.79. The van der Waals surface area contributed by atoms with E-state index in [9.17, 15) is 4.79 Å². The lowest BCUT2D eigenvalue weighted by molar-refractivity contribution is -0.130. The number of tetrazole rings is 1. The molecule has 2 aromatic rings. The number of nitrogens with one attached hydrogen (secondary N) is 1. The second-order valence-corrected chi connectivity index (χ2v) is 5.72. The summed E-state index contributed by atoms with van der Waals surface area (Å²) in [4.78, 5) is 13.9. The smallest absolute Gasteiger partial charge is 0.247 e. The number of aromatic nitrogens is 4. The van der Waals surface area contributed by atoms with Gasteiger partial charge in [-0.05, 0) is 41.8 Å². The van der Waals surface area contributed by atoms with Gasteiger partial charge < -0.3 is 10.2 Å². The van der Waals surface area contributed by atoms with Crippen LogP contribution < -0.4 is 5.32 Å². The number of nitrogens with zero attached hydrogens (tertiary/aromatic N) is 5. The Balaban J connectivity index is 1.50. The Bertz CT molecular complexity index is 627. The molecule has 1 saturated heterocycles. The summed E-state index contributed by atoms with van der Waals surface area (Å²) in [5, 5.41) is 15.0. The average Bonchev–Trinajstić information content (AvgIpc) is 2.96. The number of anilines is 1. The van der Waals surface area contributed by atoms with Crippen LogP contribution in [0.25, 0.3) is 5.69 Å². The molecule has 1 amide bonds. The molecule has 1 aliphatic heterocycles. The molecular formula is C16H22N6O. The second kappa shape index (κ2) is 7.71. The minimum atomic E-state index is 0.289. The summed E-state index contributed by atoms with van der Waals surface area (Å²) in [6.45, 7) is 2.41. The average molecular weight is 314 g/mol. The summed E-state index contributed by atoms with van der Waals surface area (Å²) < 4.78 is 1.68. The maximum absolute atomic E-state index is 11.9. The first-order chi connectivity index (χ1) is 11.3. The number of rotatable bonds is 6. The van der Waals surface area contributed by atoms with Crippen molar-refractivity contribution in [3.05, 3.63) is 30.3 Å². The van der Waals surface area contributed by atoms with Crippen molar-refractivity contribution in [2.45, 2.75) is 32.1 Å². The van der Waals surface area contributed by atoms with Gasteiger partial charge in [0, 0.05) is 26.1 Å². The molecule has 0 spiro atoms. The first kappa shape index (κ1) is 15.5. The van der Waals surface area contributed by atoms with E-state index in [1.54, 1.807) is 4.68 Å². The second-order valence-electron chi connectivity index (χ2n) is 5.72. The zero-order valence-corrected chi connectivity index (χ0v) is 13.2. The van der Waals surface area contributed by atoms with Crippen LogP contribution in [0.4, 0.5) is 5.95 Å². The number of hydrogen-bond acceptors (Lipinski definition) is 5. The molecule has 1 fully saturated rings. The van der Waals surface area contributed by atoms with Gasteiger partial charge in [0.05, 0.1) is 5.69 Å². The van der Waals surface area contributed by atoms with Crippen LogP contribution in [0.2, 0.25) is 0 Å². The third-order valence-corrected chi connectivity index (χ3v) is 4.03. The number of hydrogen-bond donors (Lipinski definition) is 1. The van der Waals surface area contributed by atoms with Gasteiger partial charge in [0.25, 0.3) is 0 Å². The zero-order chi connectivity index (χ0) is 15.9. The topological polar surface area (TPSA) is 75.9 Å². The number of likely N-dealkylation sites (tertiary alicyclic amines) is 1. The van der Waals surface area contributed by atoms with Gasteiger partial charge in [-0.15, -0.1) is 0 Å². The highest BCUT2D eigenvalue weighted by molar-refractivity contribution is 5.76. The number of carbonyl (C=O) groups is 1. The molecule has 1 aromatic heterocycles. The van der Waals surface area contributed by atoms with Crippen LogP contribution in [0.3, 0.4) is 0 Å². The van der Waals surface area contributed by atoms with E-state index >= 15 is 0 Å². The van der Waals surface area contributed by atoms with E-state index in [2.05, 4.69) is 20.8 Å². The lowest BCUT2D eigenvalue weighted by Crippen LogP contribution is -2.32. The molecule has 0 bridgehead atoms. The van der Waals surface area contributed by atoms with Crippen LogP contribution in [-0.2, 0) is 4.79 Å². The number of para-hydroxylation sites is 1. The van der Waals surface area contributed by atoms with E-state index < -0.39 is 0 Å². The molecule has 0 aliphatic carbocycles. The standard InChI is InChI=1S/C16H22N6O/c23-15-10-5-2-6-12-21(15)13-7-11-17-16-18-19-20-22(16)14-8-3-1-4-9-14/h1,3-4,8-9H,2,5-7,10-13H2,(H,17,18,20). The predicted octanol–water partition coefficient (Wildman–Crippen LogP) is 1.87. The van der Waals surface area contributed by atoms with Crippen molar-refractivity contribution in [1.82, 2.24) is 25.1 Å². The van der Waals surface area contributed by atoms with E-state index in [-0.39, 0.29) is 5.91 Å². The van der Waals surface area contributed by atoms with Crippen molar-refractivity contribution < 1.29 is 4.79 Å². The summed E-state index contributed by atoms with van der Waals surface area (Å²) in [5.41, 5.74) is 0.919. The maximum Gasteiger partial charge on any atom is 0.247 e. The third-order valence-electron chi connectivity index (χ3n) is 4.03. The van der Waals surface area contributed by atoms with Gasteiger partial charge in [0.2, 0.25) is 11.9 Å². The summed E-state index contributed by atoms with van der Waals surface area (Å²) in [5.74, 6) is 0.912. The fourth-order valence-corrected chi connectivity index (χ4v) is 2.79. The molecule has 3 rings (SSSR count). The van der Waals surface area contributed by atoms with Crippen LogP contribution >= 0.6 is 0 Å². The molecule has 0 unspecified atom stereocenters. The first-order valence-electron chi connectivity index (χ1n) is 8.20. The predicted molar refractivity (Wildman–Crippen MR) is 87.3 cm³/mol. The molecule has 2 heterocycles. The third kappa shape index (κ3) is 4.06. The van der Waals surface area contributed by atoms with Gasteiger partial charge in [-0.2, -0.15) is 4.68 Å². The molecule has 7 heteroatoms. The van der Waals surface area contributed by atoms with E-state index in [4.69, 9.17) is 0 Å².